The van der Waals surface area contributed by atoms with Crippen LogP contribution in [-0.2, 0) is 18.9 Å². The van der Waals surface area contributed by atoms with E-state index in [-0.39, 0.29) is 24.6 Å². The molecule has 2 atom stereocenters. The van der Waals surface area contributed by atoms with Crippen LogP contribution in [0.15, 0.2) is 64.0 Å². The van der Waals surface area contributed by atoms with Crippen LogP contribution in [0, 0.1) is 0 Å². The topological polar surface area (TPSA) is 156 Å². The number of nitrogens with zero attached hydrogens (tertiary/aromatic N) is 6. The Kier molecular flexibility index (Phi) is 11.2. The third kappa shape index (κ3) is 8.13. The molecule has 56 heavy (non-hydrogen) atoms. The normalized spacial score (nSPS) is 16.5. The lowest BCUT2D eigenvalue weighted by Crippen LogP contribution is -2.47. The Labute approximate surface area is 339 Å². The number of thiazole rings is 4. The summed E-state index contributed by atoms with van der Waals surface area (Å²) in [7, 11) is 0. The fourth-order valence-electron chi connectivity index (χ4n) is 6.03. The van der Waals surface area contributed by atoms with Gasteiger partial charge in [-0.15, -0.1) is 45.3 Å². The number of esters is 2. The summed E-state index contributed by atoms with van der Waals surface area (Å²) in [5.41, 5.74) is 2.43. The molecule has 0 spiro atoms. The van der Waals surface area contributed by atoms with E-state index in [1.54, 1.807) is 35.6 Å². The summed E-state index contributed by atoms with van der Waals surface area (Å²) in [6.07, 6.45) is -1.01. The first-order valence-corrected chi connectivity index (χ1v) is 21.2. The van der Waals surface area contributed by atoms with E-state index >= 15 is 0 Å². The monoisotopic (exact) mass is 830 g/mol. The van der Waals surface area contributed by atoms with E-state index in [4.69, 9.17) is 33.9 Å². The van der Waals surface area contributed by atoms with Gasteiger partial charge in [0.15, 0.2) is 11.4 Å². The molecule has 1 aromatic carbocycles. The molecule has 1 fully saturated rings. The maximum absolute atomic E-state index is 13.8. The summed E-state index contributed by atoms with van der Waals surface area (Å²) in [5.74, 6) is -1.02. The number of rotatable bonds is 10. The van der Waals surface area contributed by atoms with Gasteiger partial charge in [-0.25, -0.2) is 39.3 Å². The van der Waals surface area contributed by atoms with E-state index in [2.05, 4.69) is 9.97 Å². The molecule has 5 aromatic heterocycles. The van der Waals surface area contributed by atoms with Crippen molar-refractivity contribution in [3.63, 3.8) is 0 Å². The standard InChI is InChI=1S/C39H38N6O7S4/c1-8-49-35(46)26-19-53-31(43-26)22-15-16-23(32-44-27(20-55-32)36(47)50-9-2)40-28(22)24-17-54-33(41-24)25-18-56-34(42-25)29-30(21-13-11-10-12-14-21)51-39(6,7)45(29)37(48)52-38(3,4)5/h10-20,29-30H,8-9H2,1-7H3. The molecular weight excluding hydrogens is 793 g/mol. The molecule has 6 aromatic rings. The highest BCUT2D eigenvalue weighted by atomic mass is 32.1. The fourth-order valence-corrected chi connectivity index (χ4v) is 9.36. The quantitative estimate of drug-likeness (QED) is 0.0953. The molecule has 13 nitrogen and oxygen atoms in total. The Morgan fingerprint density at radius 3 is 2.00 bits per heavy atom. The van der Waals surface area contributed by atoms with Crippen LogP contribution in [0.2, 0.25) is 0 Å². The Morgan fingerprint density at radius 1 is 0.732 bits per heavy atom. The van der Waals surface area contributed by atoms with E-state index in [1.807, 2.05) is 81.8 Å². The molecule has 17 heteroatoms. The molecule has 0 bridgehead atoms. The second-order valence-corrected chi connectivity index (χ2v) is 17.4. The van der Waals surface area contributed by atoms with Gasteiger partial charge in [0.2, 0.25) is 0 Å². The summed E-state index contributed by atoms with van der Waals surface area (Å²) in [4.78, 5) is 64.5. The molecule has 0 N–H and O–H groups in total. The van der Waals surface area contributed by atoms with E-state index in [0.29, 0.717) is 48.4 Å². The average Bonchev–Trinajstić information content (AvgIpc) is 4.00. The van der Waals surface area contributed by atoms with Gasteiger partial charge in [-0.3, -0.25) is 4.90 Å². The van der Waals surface area contributed by atoms with E-state index in [9.17, 15) is 14.4 Å². The molecule has 6 heterocycles. The van der Waals surface area contributed by atoms with Gasteiger partial charge in [-0.05, 0) is 66.2 Å². The summed E-state index contributed by atoms with van der Waals surface area (Å²) in [6.45, 7) is 13.2. The number of aromatic nitrogens is 5. The number of pyridine rings is 1. The van der Waals surface area contributed by atoms with Crippen molar-refractivity contribution in [1.29, 1.82) is 0 Å². The fraction of sp³-hybridized carbons (Fsp3) is 0.333. The predicted molar refractivity (Wildman–Crippen MR) is 216 cm³/mol. The van der Waals surface area contributed by atoms with Crippen molar-refractivity contribution in [2.75, 3.05) is 13.2 Å². The molecule has 0 radical (unpaired) electrons. The highest BCUT2D eigenvalue weighted by Crippen LogP contribution is 2.51. The van der Waals surface area contributed by atoms with Crippen LogP contribution in [0.3, 0.4) is 0 Å². The maximum atomic E-state index is 13.8. The predicted octanol–water partition coefficient (Wildman–Crippen LogP) is 9.71. The molecule has 0 saturated carbocycles. The molecule has 1 aliphatic rings. The van der Waals surface area contributed by atoms with Crippen molar-refractivity contribution < 1.29 is 33.3 Å². The van der Waals surface area contributed by atoms with Gasteiger partial charge in [0.1, 0.15) is 60.6 Å². The van der Waals surface area contributed by atoms with E-state index in [1.165, 1.54) is 45.3 Å². The molecule has 1 amide bonds. The van der Waals surface area contributed by atoms with Crippen LogP contribution in [-0.4, -0.2) is 72.4 Å². The lowest BCUT2D eigenvalue weighted by molar-refractivity contribution is -0.0797. The van der Waals surface area contributed by atoms with Gasteiger partial charge < -0.3 is 18.9 Å². The molecule has 2 unspecified atom stereocenters. The number of carbonyl (C=O) groups excluding carboxylic acids is 3. The number of hydrogen-bond acceptors (Lipinski definition) is 16. The summed E-state index contributed by atoms with van der Waals surface area (Å²) < 4.78 is 22.8. The molecule has 1 aliphatic heterocycles. The summed E-state index contributed by atoms with van der Waals surface area (Å²) in [6, 6.07) is 12.9. The molecular formula is C39H38N6O7S4. The SMILES string of the molecule is CCOC(=O)c1csc(-c2ccc(-c3nc(C(=O)OCC)cs3)c(-c3csc(-c4csc(C5C(c6ccccc6)OC(C)(C)N5C(=O)OC(C)(C)C)n4)n3)n2)n1. The summed E-state index contributed by atoms with van der Waals surface area (Å²) in [5, 5.41) is 9.46. The lowest BCUT2D eigenvalue weighted by atomic mass is 10.0. The van der Waals surface area contributed by atoms with E-state index < -0.39 is 41.5 Å². The van der Waals surface area contributed by atoms with Crippen LogP contribution in [0.5, 0.6) is 0 Å². The third-order valence-corrected chi connectivity index (χ3v) is 11.9. The van der Waals surface area contributed by atoms with Crippen LogP contribution >= 0.6 is 45.3 Å². The maximum Gasteiger partial charge on any atom is 0.413 e. The Morgan fingerprint density at radius 2 is 1.34 bits per heavy atom. The molecule has 0 aliphatic carbocycles. The van der Waals surface area contributed by atoms with Crippen molar-refractivity contribution in [2.24, 2.45) is 0 Å². The minimum absolute atomic E-state index is 0.197. The number of hydrogen-bond donors (Lipinski definition) is 0. The minimum atomic E-state index is -1.00. The van der Waals surface area contributed by atoms with Crippen LogP contribution in [0.25, 0.3) is 43.4 Å². The number of ether oxygens (including phenoxy) is 4. The van der Waals surface area contributed by atoms with Crippen molar-refractivity contribution in [2.45, 2.75) is 71.9 Å². The first-order chi connectivity index (χ1) is 26.8. The van der Waals surface area contributed by atoms with Crippen LogP contribution < -0.4 is 0 Å². The van der Waals surface area contributed by atoms with Crippen molar-refractivity contribution >= 4 is 63.4 Å². The van der Waals surface area contributed by atoms with Crippen molar-refractivity contribution in [1.82, 2.24) is 29.8 Å². The average molecular weight is 831 g/mol. The smallest absolute Gasteiger partial charge is 0.413 e. The largest absolute Gasteiger partial charge is 0.461 e. The van der Waals surface area contributed by atoms with Crippen molar-refractivity contribution in [3.8, 4) is 43.4 Å². The number of benzene rings is 1. The van der Waals surface area contributed by atoms with Gasteiger partial charge in [0.05, 0.1) is 18.9 Å². The lowest BCUT2D eigenvalue weighted by Gasteiger charge is -2.34. The minimum Gasteiger partial charge on any atom is -0.461 e. The molecule has 1 saturated heterocycles. The van der Waals surface area contributed by atoms with Gasteiger partial charge in [0, 0.05) is 27.1 Å². The first kappa shape index (κ1) is 39.3. The number of amides is 1. The van der Waals surface area contributed by atoms with Crippen LogP contribution in [0.1, 0.15) is 92.2 Å². The summed E-state index contributed by atoms with van der Waals surface area (Å²) >= 11 is 5.37. The highest BCUT2D eigenvalue weighted by Gasteiger charge is 2.53. The highest BCUT2D eigenvalue weighted by molar-refractivity contribution is 7.14. The Balaban J connectivity index is 1.27. The zero-order chi connectivity index (χ0) is 39.8. The second-order valence-electron chi connectivity index (χ2n) is 13.9. The Hall–Kier alpha value is -4.94. The van der Waals surface area contributed by atoms with Gasteiger partial charge in [0.25, 0.3) is 0 Å². The Bertz CT molecular complexity index is 2380. The molecule has 7 rings (SSSR count). The van der Waals surface area contributed by atoms with Gasteiger partial charge >= 0.3 is 18.0 Å². The number of carbonyl (C=O) groups is 3. The molecule has 290 valence electrons. The second kappa shape index (κ2) is 15.9. The van der Waals surface area contributed by atoms with Crippen LogP contribution in [0.4, 0.5) is 4.79 Å². The van der Waals surface area contributed by atoms with E-state index in [0.717, 1.165) is 5.56 Å². The zero-order valence-electron chi connectivity index (χ0n) is 31.6. The zero-order valence-corrected chi connectivity index (χ0v) is 34.9. The first-order valence-electron chi connectivity index (χ1n) is 17.7. The van der Waals surface area contributed by atoms with Gasteiger partial charge in [-0.2, -0.15) is 0 Å². The third-order valence-electron chi connectivity index (χ3n) is 8.34. The van der Waals surface area contributed by atoms with Gasteiger partial charge in [-0.1, -0.05) is 30.3 Å². The van der Waals surface area contributed by atoms with Crippen molar-refractivity contribution in [3.05, 3.63) is 85.9 Å².